The van der Waals surface area contributed by atoms with E-state index in [1.54, 1.807) is 27.4 Å². The van der Waals surface area contributed by atoms with Crippen molar-refractivity contribution in [1.82, 2.24) is 9.88 Å². The number of hydrogen-bond donors (Lipinski definition) is 0. The third-order valence-electron chi connectivity index (χ3n) is 4.77. The van der Waals surface area contributed by atoms with Crippen molar-refractivity contribution in [3.8, 4) is 17.2 Å². The number of aromatic nitrogens is 1. The number of piperazine rings is 1. The Morgan fingerprint density at radius 3 is 2.14 bits per heavy atom. The summed E-state index contributed by atoms with van der Waals surface area (Å²) in [6.07, 6.45) is 1.30. The normalized spacial score (nSPS) is 14.6. The van der Waals surface area contributed by atoms with Gasteiger partial charge in [-0.05, 0) is 23.8 Å². The number of ether oxygens (including phenoxy) is 3. The maximum Gasteiger partial charge on any atom is 0.287 e. The molecule has 1 aromatic heterocycles. The van der Waals surface area contributed by atoms with Gasteiger partial charge in [0.15, 0.2) is 11.5 Å². The molecule has 0 bridgehead atoms. The molecule has 0 spiro atoms. The zero-order valence-corrected chi connectivity index (χ0v) is 16.3. The second-order valence-electron chi connectivity index (χ2n) is 6.43. The predicted molar refractivity (Wildman–Crippen MR) is 104 cm³/mol. The molecule has 9 heteroatoms. The summed E-state index contributed by atoms with van der Waals surface area (Å²) in [6.45, 7) is 4.08. The van der Waals surface area contributed by atoms with Gasteiger partial charge in [-0.3, -0.25) is 15.0 Å². The van der Waals surface area contributed by atoms with Crippen molar-refractivity contribution < 1.29 is 19.1 Å². The SMILES string of the molecule is COc1cc(CN2CCN(c3ccc([N+](=O)[O-])cn3)CC2)cc(OC)c1OC. The first kappa shape index (κ1) is 19.7. The van der Waals surface area contributed by atoms with Crippen molar-refractivity contribution >= 4 is 11.5 Å². The Bertz CT molecular complexity index is 795. The molecule has 28 heavy (non-hydrogen) atoms. The minimum atomic E-state index is -0.438. The van der Waals surface area contributed by atoms with Crippen LogP contribution in [0.5, 0.6) is 17.2 Å². The molecule has 150 valence electrons. The number of rotatable bonds is 7. The fraction of sp³-hybridized carbons (Fsp3) is 0.421. The van der Waals surface area contributed by atoms with Crippen molar-refractivity contribution in [3.63, 3.8) is 0 Å². The van der Waals surface area contributed by atoms with E-state index in [1.165, 1.54) is 12.3 Å². The molecule has 1 fully saturated rings. The van der Waals surface area contributed by atoms with Crippen LogP contribution >= 0.6 is 0 Å². The first-order valence-electron chi connectivity index (χ1n) is 8.92. The van der Waals surface area contributed by atoms with E-state index in [9.17, 15) is 10.1 Å². The van der Waals surface area contributed by atoms with Gasteiger partial charge < -0.3 is 19.1 Å². The van der Waals surface area contributed by atoms with Crippen LogP contribution in [0.4, 0.5) is 11.5 Å². The topological polar surface area (TPSA) is 90.2 Å². The largest absolute Gasteiger partial charge is 0.493 e. The molecule has 0 N–H and O–H groups in total. The number of benzene rings is 1. The van der Waals surface area contributed by atoms with E-state index >= 15 is 0 Å². The molecule has 0 atom stereocenters. The monoisotopic (exact) mass is 388 g/mol. The minimum Gasteiger partial charge on any atom is -0.493 e. The van der Waals surface area contributed by atoms with Crippen LogP contribution in [0.2, 0.25) is 0 Å². The average Bonchev–Trinajstić information content (AvgIpc) is 2.73. The Balaban J connectivity index is 1.63. The van der Waals surface area contributed by atoms with Gasteiger partial charge in [0.25, 0.3) is 5.69 Å². The highest BCUT2D eigenvalue weighted by atomic mass is 16.6. The quantitative estimate of drug-likeness (QED) is 0.527. The van der Waals surface area contributed by atoms with E-state index in [1.807, 2.05) is 12.1 Å². The summed E-state index contributed by atoms with van der Waals surface area (Å²) in [5.74, 6) is 2.64. The average molecular weight is 388 g/mol. The molecule has 3 rings (SSSR count). The first-order chi connectivity index (χ1) is 13.5. The molecule has 0 aliphatic carbocycles. The molecule has 0 saturated carbocycles. The molecular weight excluding hydrogens is 364 g/mol. The van der Waals surface area contributed by atoms with Gasteiger partial charge in [-0.2, -0.15) is 0 Å². The van der Waals surface area contributed by atoms with Gasteiger partial charge in [-0.15, -0.1) is 0 Å². The molecule has 0 unspecified atom stereocenters. The fourth-order valence-electron chi connectivity index (χ4n) is 3.29. The zero-order valence-electron chi connectivity index (χ0n) is 16.3. The third-order valence-corrected chi connectivity index (χ3v) is 4.77. The lowest BCUT2D eigenvalue weighted by atomic mass is 10.1. The summed E-state index contributed by atoms with van der Waals surface area (Å²) in [6, 6.07) is 7.12. The molecule has 1 aromatic carbocycles. The molecule has 1 aliphatic heterocycles. The number of hydrogen-bond acceptors (Lipinski definition) is 8. The Morgan fingerprint density at radius 1 is 1.04 bits per heavy atom. The van der Waals surface area contributed by atoms with Crippen LogP contribution in [0, 0.1) is 10.1 Å². The van der Waals surface area contributed by atoms with Gasteiger partial charge in [0.1, 0.15) is 12.0 Å². The van der Waals surface area contributed by atoms with Crippen LogP contribution < -0.4 is 19.1 Å². The lowest BCUT2D eigenvalue weighted by Gasteiger charge is -2.35. The summed E-state index contributed by atoms with van der Waals surface area (Å²) >= 11 is 0. The lowest BCUT2D eigenvalue weighted by molar-refractivity contribution is -0.385. The molecule has 1 aliphatic rings. The van der Waals surface area contributed by atoms with E-state index in [4.69, 9.17) is 14.2 Å². The standard InChI is InChI=1S/C19H24N4O5/c1-26-16-10-14(11-17(27-2)19(16)28-3)13-21-6-8-22(9-7-21)18-5-4-15(12-20-18)23(24)25/h4-5,10-12H,6-9,13H2,1-3H3. The van der Waals surface area contributed by atoms with Crippen LogP contribution in [-0.4, -0.2) is 62.3 Å². The van der Waals surface area contributed by atoms with E-state index in [0.717, 1.165) is 44.1 Å². The Hall–Kier alpha value is -3.07. The summed E-state index contributed by atoms with van der Waals surface area (Å²) in [5.41, 5.74) is 1.08. The minimum absolute atomic E-state index is 0.00443. The van der Waals surface area contributed by atoms with Crippen molar-refractivity contribution in [2.75, 3.05) is 52.4 Å². The number of nitrogens with zero attached hydrogens (tertiary/aromatic N) is 4. The molecule has 2 aromatic rings. The Morgan fingerprint density at radius 2 is 1.68 bits per heavy atom. The van der Waals surface area contributed by atoms with Gasteiger partial charge in [0.2, 0.25) is 5.75 Å². The molecule has 9 nitrogen and oxygen atoms in total. The zero-order chi connectivity index (χ0) is 20.1. The Labute approximate surface area is 163 Å². The highest BCUT2D eigenvalue weighted by Gasteiger charge is 2.20. The van der Waals surface area contributed by atoms with E-state index < -0.39 is 4.92 Å². The van der Waals surface area contributed by atoms with Crippen molar-refractivity contribution in [3.05, 3.63) is 46.1 Å². The van der Waals surface area contributed by atoms with E-state index in [2.05, 4.69) is 14.8 Å². The predicted octanol–water partition coefficient (Wildman–Crippen LogP) is 2.34. The van der Waals surface area contributed by atoms with Gasteiger partial charge in [0, 0.05) is 38.8 Å². The first-order valence-corrected chi connectivity index (χ1v) is 8.92. The van der Waals surface area contributed by atoms with E-state index in [-0.39, 0.29) is 5.69 Å². The fourth-order valence-corrected chi connectivity index (χ4v) is 3.29. The molecule has 1 saturated heterocycles. The smallest absolute Gasteiger partial charge is 0.287 e. The second-order valence-corrected chi connectivity index (χ2v) is 6.43. The van der Waals surface area contributed by atoms with Gasteiger partial charge in [-0.1, -0.05) is 0 Å². The second kappa shape index (κ2) is 8.75. The number of methoxy groups -OCH3 is 3. The van der Waals surface area contributed by atoms with Crippen molar-refractivity contribution in [1.29, 1.82) is 0 Å². The number of nitro groups is 1. The summed E-state index contributed by atoms with van der Waals surface area (Å²) in [5, 5.41) is 10.8. The maximum atomic E-state index is 10.8. The van der Waals surface area contributed by atoms with Crippen LogP contribution in [0.1, 0.15) is 5.56 Å². The summed E-state index contributed by atoms with van der Waals surface area (Å²) < 4.78 is 16.2. The van der Waals surface area contributed by atoms with Gasteiger partial charge >= 0.3 is 0 Å². The number of anilines is 1. The van der Waals surface area contributed by atoms with Crippen LogP contribution in [0.3, 0.4) is 0 Å². The van der Waals surface area contributed by atoms with Crippen LogP contribution in [-0.2, 0) is 6.54 Å². The third kappa shape index (κ3) is 4.25. The van der Waals surface area contributed by atoms with Gasteiger partial charge in [-0.25, -0.2) is 4.98 Å². The van der Waals surface area contributed by atoms with Crippen LogP contribution in [0.25, 0.3) is 0 Å². The highest BCUT2D eigenvalue weighted by Crippen LogP contribution is 2.38. The molecule has 2 heterocycles. The molecule has 0 radical (unpaired) electrons. The van der Waals surface area contributed by atoms with Crippen molar-refractivity contribution in [2.45, 2.75) is 6.54 Å². The number of pyridine rings is 1. The maximum absolute atomic E-state index is 10.8. The van der Waals surface area contributed by atoms with Crippen LogP contribution in [0.15, 0.2) is 30.5 Å². The lowest BCUT2D eigenvalue weighted by Crippen LogP contribution is -2.46. The highest BCUT2D eigenvalue weighted by molar-refractivity contribution is 5.53. The van der Waals surface area contributed by atoms with Gasteiger partial charge in [0.05, 0.1) is 26.3 Å². The van der Waals surface area contributed by atoms with E-state index in [0.29, 0.717) is 17.2 Å². The van der Waals surface area contributed by atoms with Crippen molar-refractivity contribution in [2.24, 2.45) is 0 Å². The summed E-state index contributed by atoms with van der Waals surface area (Å²) in [4.78, 5) is 19.0. The molecule has 0 amide bonds. The summed E-state index contributed by atoms with van der Waals surface area (Å²) in [7, 11) is 4.81. The molecular formula is C19H24N4O5. The Kier molecular flexibility index (Phi) is 6.15.